The van der Waals surface area contributed by atoms with Crippen LogP contribution >= 0.6 is 11.3 Å². The summed E-state index contributed by atoms with van der Waals surface area (Å²) < 4.78 is 1.58. The molecule has 0 aliphatic carbocycles. The zero-order chi connectivity index (χ0) is 17.6. The van der Waals surface area contributed by atoms with Gasteiger partial charge in [-0.1, -0.05) is 18.2 Å². The van der Waals surface area contributed by atoms with Gasteiger partial charge in [0.2, 0.25) is 0 Å². The van der Waals surface area contributed by atoms with Crippen LogP contribution in [-0.4, -0.2) is 26.8 Å². The second kappa shape index (κ2) is 7.49. The van der Waals surface area contributed by atoms with Crippen LogP contribution in [0.2, 0.25) is 0 Å². The molecule has 0 spiro atoms. The van der Waals surface area contributed by atoms with E-state index in [9.17, 15) is 14.9 Å². The SMILES string of the molecule is O=C(N/N=C\c1cccs1)c1ccn(Cc2ccc([N+](=O)[O-])cc2)n1. The van der Waals surface area contributed by atoms with Crippen LogP contribution in [0.1, 0.15) is 20.9 Å². The summed E-state index contributed by atoms with van der Waals surface area (Å²) in [5.41, 5.74) is 3.54. The molecule has 1 amide bonds. The fourth-order valence-corrected chi connectivity index (χ4v) is 2.64. The summed E-state index contributed by atoms with van der Waals surface area (Å²) in [6.07, 6.45) is 3.23. The minimum absolute atomic E-state index is 0.0351. The predicted molar refractivity (Wildman–Crippen MR) is 93.8 cm³/mol. The average molecular weight is 355 g/mol. The van der Waals surface area contributed by atoms with Crippen molar-refractivity contribution in [2.24, 2.45) is 5.10 Å². The second-order valence-electron chi connectivity index (χ2n) is 5.04. The molecule has 0 saturated carbocycles. The molecule has 9 heteroatoms. The van der Waals surface area contributed by atoms with Crippen molar-refractivity contribution in [3.63, 3.8) is 0 Å². The molecule has 2 aromatic heterocycles. The first-order valence-electron chi connectivity index (χ1n) is 7.25. The van der Waals surface area contributed by atoms with Gasteiger partial charge in [0.25, 0.3) is 11.6 Å². The summed E-state index contributed by atoms with van der Waals surface area (Å²) in [5, 5.41) is 20.6. The lowest BCUT2D eigenvalue weighted by atomic mass is 10.2. The van der Waals surface area contributed by atoms with Crippen molar-refractivity contribution in [1.82, 2.24) is 15.2 Å². The number of rotatable bonds is 6. The molecule has 8 nitrogen and oxygen atoms in total. The van der Waals surface area contributed by atoms with Crippen molar-refractivity contribution in [2.45, 2.75) is 6.54 Å². The normalized spacial score (nSPS) is 10.9. The van der Waals surface area contributed by atoms with Gasteiger partial charge in [-0.3, -0.25) is 19.6 Å². The summed E-state index contributed by atoms with van der Waals surface area (Å²) in [5.74, 6) is -0.407. The summed E-state index contributed by atoms with van der Waals surface area (Å²) in [4.78, 5) is 23.1. The van der Waals surface area contributed by atoms with Crippen LogP contribution in [0.5, 0.6) is 0 Å². The molecule has 2 heterocycles. The van der Waals surface area contributed by atoms with E-state index in [2.05, 4.69) is 15.6 Å². The average Bonchev–Trinajstić information content (AvgIpc) is 3.27. The number of aromatic nitrogens is 2. The molecule has 1 aromatic carbocycles. The molecule has 0 aliphatic heterocycles. The Morgan fingerprint density at radius 3 is 2.80 bits per heavy atom. The van der Waals surface area contributed by atoms with Gasteiger partial charge in [-0.15, -0.1) is 11.3 Å². The number of carbonyl (C=O) groups excluding carboxylic acids is 1. The van der Waals surface area contributed by atoms with Gasteiger partial charge in [0.15, 0.2) is 5.69 Å². The maximum atomic E-state index is 12.0. The first-order chi connectivity index (χ1) is 12.1. The molecule has 126 valence electrons. The fourth-order valence-electron chi connectivity index (χ4n) is 2.06. The molecule has 0 atom stereocenters. The van der Waals surface area contributed by atoms with Crippen molar-refractivity contribution in [2.75, 3.05) is 0 Å². The summed E-state index contributed by atoms with van der Waals surface area (Å²) in [6, 6.07) is 11.6. The van der Waals surface area contributed by atoms with E-state index in [4.69, 9.17) is 0 Å². The van der Waals surface area contributed by atoms with E-state index >= 15 is 0 Å². The van der Waals surface area contributed by atoms with Gasteiger partial charge in [-0.2, -0.15) is 10.2 Å². The predicted octanol–water partition coefficient (Wildman–Crippen LogP) is 2.67. The van der Waals surface area contributed by atoms with Gasteiger partial charge in [-0.05, 0) is 23.1 Å². The number of nitrogens with one attached hydrogen (secondary N) is 1. The van der Waals surface area contributed by atoms with Crippen molar-refractivity contribution in [3.8, 4) is 0 Å². The number of nitro benzene ring substituents is 1. The number of carbonyl (C=O) groups is 1. The van der Waals surface area contributed by atoms with Crippen LogP contribution < -0.4 is 5.43 Å². The zero-order valence-corrected chi connectivity index (χ0v) is 13.7. The third kappa shape index (κ3) is 4.36. The molecular weight excluding hydrogens is 342 g/mol. The largest absolute Gasteiger partial charge is 0.291 e. The van der Waals surface area contributed by atoms with Crippen LogP contribution in [-0.2, 0) is 6.54 Å². The Morgan fingerprint density at radius 1 is 1.32 bits per heavy atom. The third-order valence-corrected chi connectivity index (χ3v) is 4.07. The Morgan fingerprint density at radius 2 is 2.12 bits per heavy atom. The van der Waals surface area contributed by atoms with E-state index in [1.807, 2.05) is 17.5 Å². The highest BCUT2D eigenvalue weighted by molar-refractivity contribution is 7.11. The van der Waals surface area contributed by atoms with Gasteiger partial charge in [0, 0.05) is 23.2 Å². The number of benzene rings is 1. The molecule has 0 unspecified atom stereocenters. The number of amides is 1. The highest BCUT2D eigenvalue weighted by Gasteiger charge is 2.09. The van der Waals surface area contributed by atoms with Gasteiger partial charge >= 0.3 is 0 Å². The van der Waals surface area contributed by atoms with Crippen LogP contribution in [0.4, 0.5) is 5.69 Å². The Balaban J connectivity index is 1.59. The molecule has 0 saturated heterocycles. The third-order valence-electron chi connectivity index (χ3n) is 3.27. The van der Waals surface area contributed by atoms with Crippen LogP contribution in [0.3, 0.4) is 0 Å². The van der Waals surface area contributed by atoms with Crippen molar-refractivity contribution < 1.29 is 9.72 Å². The Labute approximate surface area is 146 Å². The maximum absolute atomic E-state index is 12.0. The van der Waals surface area contributed by atoms with Crippen molar-refractivity contribution in [1.29, 1.82) is 0 Å². The quantitative estimate of drug-likeness (QED) is 0.417. The van der Waals surface area contributed by atoms with Gasteiger partial charge in [-0.25, -0.2) is 5.43 Å². The van der Waals surface area contributed by atoms with E-state index in [1.165, 1.54) is 23.5 Å². The highest BCUT2D eigenvalue weighted by atomic mass is 32.1. The topological polar surface area (TPSA) is 102 Å². The molecule has 0 bridgehead atoms. The molecule has 0 radical (unpaired) electrons. The summed E-state index contributed by atoms with van der Waals surface area (Å²) >= 11 is 1.52. The lowest BCUT2D eigenvalue weighted by Crippen LogP contribution is -2.18. The van der Waals surface area contributed by atoms with Gasteiger partial charge < -0.3 is 0 Å². The Bertz CT molecular complexity index is 900. The van der Waals surface area contributed by atoms with E-state index in [0.717, 1.165) is 10.4 Å². The number of hydrogen-bond donors (Lipinski definition) is 1. The first kappa shape index (κ1) is 16.5. The number of thiophene rings is 1. The fraction of sp³-hybridized carbons (Fsp3) is 0.0625. The van der Waals surface area contributed by atoms with Crippen LogP contribution in [0, 0.1) is 10.1 Å². The number of hydrazone groups is 1. The molecule has 3 aromatic rings. The smallest absolute Gasteiger partial charge is 0.268 e. The molecular formula is C16H13N5O3S. The second-order valence-corrected chi connectivity index (χ2v) is 6.02. The molecule has 0 aliphatic rings. The summed E-state index contributed by atoms with van der Waals surface area (Å²) in [7, 11) is 0. The number of non-ortho nitro benzene ring substituents is 1. The first-order valence-corrected chi connectivity index (χ1v) is 8.13. The molecule has 3 rings (SSSR count). The lowest BCUT2D eigenvalue weighted by molar-refractivity contribution is -0.384. The van der Waals surface area contributed by atoms with E-state index in [-0.39, 0.29) is 11.4 Å². The molecule has 25 heavy (non-hydrogen) atoms. The van der Waals surface area contributed by atoms with E-state index < -0.39 is 10.8 Å². The zero-order valence-electron chi connectivity index (χ0n) is 12.9. The monoisotopic (exact) mass is 355 g/mol. The van der Waals surface area contributed by atoms with Crippen LogP contribution in [0.25, 0.3) is 0 Å². The standard InChI is InChI=1S/C16H13N5O3S/c22-16(18-17-10-14-2-1-9-25-14)15-7-8-20(19-15)11-12-3-5-13(6-4-12)21(23)24/h1-10H,11H2,(H,18,22)/b17-10-. The van der Waals surface area contributed by atoms with Crippen LogP contribution in [0.15, 0.2) is 59.1 Å². The van der Waals surface area contributed by atoms with E-state index in [0.29, 0.717) is 6.54 Å². The number of hydrogen-bond acceptors (Lipinski definition) is 6. The van der Waals surface area contributed by atoms with Crippen molar-refractivity contribution in [3.05, 3.63) is 80.3 Å². The maximum Gasteiger partial charge on any atom is 0.291 e. The summed E-state index contributed by atoms with van der Waals surface area (Å²) in [6.45, 7) is 0.406. The number of nitrogens with zero attached hydrogens (tertiary/aromatic N) is 4. The molecule has 0 fully saturated rings. The Kier molecular flexibility index (Phi) is 4.95. The highest BCUT2D eigenvalue weighted by Crippen LogP contribution is 2.12. The lowest BCUT2D eigenvalue weighted by Gasteiger charge is -2.01. The Hall–Kier alpha value is -3.33. The minimum atomic E-state index is -0.448. The van der Waals surface area contributed by atoms with Crippen molar-refractivity contribution >= 4 is 29.1 Å². The molecule has 1 N–H and O–H groups in total. The van der Waals surface area contributed by atoms with Gasteiger partial charge in [0.1, 0.15) is 0 Å². The minimum Gasteiger partial charge on any atom is -0.268 e. The number of nitro groups is 1. The van der Waals surface area contributed by atoms with E-state index in [1.54, 1.807) is 35.3 Å². The van der Waals surface area contributed by atoms with Gasteiger partial charge in [0.05, 0.1) is 17.7 Å².